The Balaban J connectivity index is 2.18. The van der Waals surface area contributed by atoms with Crippen LogP contribution < -0.4 is 5.73 Å². The largest absolute Gasteiger partial charge is 0.337 e. The number of hydrogen-bond acceptors (Lipinski definition) is 2. The first kappa shape index (κ1) is 12.3. The molecule has 1 aliphatic rings. The van der Waals surface area contributed by atoms with Crippen molar-refractivity contribution in [1.82, 2.24) is 4.90 Å². The predicted octanol–water partition coefficient (Wildman–Crippen LogP) is 2.04. The summed E-state index contributed by atoms with van der Waals surface area (Å²) < 4.78 is 12.9. The molecule has 1 saturated heterocycles. The second kappa shape index (κ2) is 5.02. The van der Waals surface area contributed by atoms with E-state index in [-0.39, 0.29) is 17.0 Å². The summed E-state index contributed by atoms with van der Waals surface area (Å²) in [5, 5.41) is 0.147. The van der Waals surface area contributed by atoms with Gasteiger partial charge in [-0.3, -0.25) is 4.79 Å². The van der Waals surface area contributed by atoms with Crippen LogP contribution in [0.15, 0.2) is 18.2 Å². The highest BCUT2D eigenvalue weighted by Crippen LogP contribution is 2.20. The van der Waals surface area contributed by atoms with E-state index in [1.54, 1.807) is 4.90 Å². The number of piperidine rings is 1. The van der Waals surface area contributed by atoms with Crippen molar-refractivity contribution in [1.29, 1.82) is 0 Å². The van der Waals surface area contributed by atoms with Crippen LogP contribution in [0.3, 0.4) is 0 Å². The summed E-state index contributed by atoms with van der Waals surface area (Å²) in [6.45, 7) is 1.22. The molecule has 2 rings (SSSR count). The number of rotatable bonds is 1. The lowest BCUT2D eigenvalue weighted by atomic mass is 10.1. The lowest BCUT2D eigenvalue weighted by molar-refractivity contribution is 0.0709. The van der Waals surface area contributed by atoms with Crippen LogP contribution in [-0.4, -0.2) is 29.9 Å². The zero-order valence-corrected chi connectivity index (χ0v) is 10.1. The van der Waals surface area contributed by atoms with Gasteiger partial charge in [-0.15, -0.1) is 0 Å². The number of halogens is 2. The number of likely N-dealkylation sites (tertiary alicyclic amines) is 1. The Kier molecular flexibility index (Phi) is 3.64. The van der Waals surface area contributed by atoms with Crippen LogP contribution in [0.4, 0.5) is 4.39 Å². The Morgan fingerprint density at radius 2 is 2.29 bits per heavy atom. The molecule has 0 aliphatic carbocycles. The molecule has 1 aliphatic heterocycles. The number of carbonyl (C=O) groups excluding carboxylic acids is 1. The first-order chi connectivity index (χ1) is 8.08. The minimum absolute atomic E-state index is 0.0203. The molecular weight excluding hydrogens is 243 g/mol. The average Bonchev–Trinajstić information content (AvgIpc) is 2.28. The molecule has 0 bridgehead atoms. The number of hydrogen-bond donors (Lipinski definition) is 1. The van der Waals surface area contributed by atoms with Crippen molar-refractivity contribution in [3.8, 4) is 0 Å². The van der Waals surface area contributed by atoms with Gasteiger partial charge in [0.25, 0.3) is 5.91 Å². The van der Waals surface area contributed by atoms with Gasteiger partial charge in [-0.25, -0.2) is 4.39 Å². The number of benzene rings is 1. The van der Waals surface area contributed by atoms with Crippen LogP contribution in [-0.2, 0) is 0 Å². The van der Waals surface area contributed by atoms with Gasteiger partial charge < -0.3 is 10.6 Å². The molecule has 1 aromatic rings. The van der Waals surface area contributed by atoms with E-state index in [9.17, 15) is 9.18 Å². The lowest BCUT2D eigenvalue weighted by Crippen LogP contribution is -2.45. The van der Waals surface area contributed by atoms with Crippen molar-refractivity contribution < 1.29 is 9.18 Å². The Hall–Kier alpha value is -1.13. The quantitative estimate of drug-likeness (QED) is 0.836. The number of nitrogens with two attached hydrogens (primary N) is 1. The van der Waals surface area contributed by atoms with Crippen molar-refractivity contribution in [3.63, 3.8) is 0 Å². The van der Waals surface area contributed by atoms with Gasteiger partial charge in [0.05, 0.1) is 10.6 Å². The van der Waals surface area contributed by atoms with Crippen LogP contribution in [0.5, 0.6) is 0 Å². The Labute approximate surface area is 104 Å². The van der Waals surface area contributed by atoms with Crippen molar-refractivity contribution in [3.05, 3.63) is 34.6 Å². The standard InChI is InChI=1S/C12H14ClFN2O/c13-11-6-8(14)3-4-10(11)12(17)16-5-1-2-9(15)7-16/h3-4,6,9H,1-2,5,7,15H2. The zero-order chi connectivity index (χ0) is 12.4. The summed E-state index contributed by atoms with van der Waals surface area (Å²) in [6.07, 6.45) is 1.83. The molecule has 1 amide bonds. The van der Waals surface area contributed by atoms with Crippen molar-refractivity contribution in [2.24, 2.45) is 5.73 Å². The van der Waals surface area contributed by atoms with E-state index < -0.39 is 5.82 Å². The van der Waals surface area contributed by atoms with E-state index in [2.05, 4.69) is 0 Å². The third-order valence-electron chi connectivity index (χ3n) is 2.91. The molecule has 0 saturated carbocycles. The predicted molar refractivity (Wildman–Crippen MR) is 64.5 cm³/mol. The first-order valence-corrected chi connectivity index (χ1v) is 5.95. The normalized spacial score (nSPS) is 20.4. The second-order valence-electron chi connectivity index (χ2n) is 4.28. The van der Waals surface area contributed by atoms with E-state index in [0.717, 1.165) is 18.9 Å². The molecule has 0 radical (unpaired) electrons. The maximum atomic E-state index is 12.9. The third-order valence-corrected chi connectivity index (χ3v) is 3.22. The summed E-state index contributed by atoms with van der Waals surface area (Å²) >= 11 is 5.86. The molecule has 17 heavy (non-hydrogen) atoms. The van der Waals surface area contributed by atoms with Crippen molar-refractivity contribution in [2.75, 3.05) is 13.1 Å². The van der Waals surface area contributed by atoms with E-state index in [1.807, 2.05) is 0 Å². The fraction of sp³-hybridized carbons (Fsp3) is 0.417. The van der Waals surface area contributed by atoms with Crippen LogP contribution in [0.2, 0.25) is 5.02 Å². The van der Waals surface area contributed by atoms with Crippen molar-refractivity contribution in [2.45, 2.75) is 18.9 Å². The van der Waals surface area contributed by atoms with E-state index >= 15 is 0 Å². The molecule has 1 atom stereocenters. The van der Waals surface area contributed by atoms with Crippen LogP contribution in [0, 0.1) is 5.82 Å². The van der Waals surface area contributed by atoms with Crippen LogP contribution in [0.1, 0.15) is 23.2 Å². The topological polar surface area (TPSA) is 46.3 Å². The summed E-state index contributed by atoms with van der Waals surface area (Å²) in [7, 11) is 0. The van der Waals surface area contributed by atoms with E-state index in [4.69, 9.17) is 17.3 Å². The number of carbonyl (C=O) groups is 1. The first-order valence-electron chi connectivity index (χ1n) is 5.58. The number of amides is 1. The van der Waals surface area contributed by atoms with Gasteiger partial charge in [-0.1, -0.05) is 11.6 Å². The molecule has 0 spiro atoms. The van der Waals surface area contributed by atoms with Crippen LogP contribution >= 0.6 is 11.6 Å². The summed E-state index contributed by atoms with van der Waals surface area (Å²) in [6, 6.07) is 3.83. The van der Waals surface area contributed by atoms with Gasteiger partial charge in [0.1, 0.15) is 5.82 Å². The molecule has 5 heteroatoms. The van der Waals surface area contributed by atoms with Gasteiger partial charge in [0.2, 0.25) is 0 Å². The molecule has 1 aromatic carbocycles. The highest BCUT2D eigenvalue weighted by Gasteiger charge is 2.23. The molecule has 0 aromatic heterocycles. The molecule has 3 nitrogen and oxygen atoms in total. The SMILES string of the molecule is NC1CCCN(C(=O)c2ccc(F)cc2Cl)C1. The summed E-state index contributed by atoms with van der Waals surface area (Å²) in [5.41, 5.74) is 6.15. The zero-order valence-electron chi connectivity index (χ0n) is 9.33. The monoisotopic (exact) mass is 256 g/mol. The second-order valence-corrected chi connectivity index (χ2v) is 4.68. The Bertz CT molecular complexity index is 439. The highest BCUT2D eigenvalue weighted by molar-refractivity contribution is 6.33. The maximum Gasteiger partial charge on any atom is 0.255 e. The number of nitrogens with zero attached hydrogens (tertiary/aromatic N) is 1. The molecule has 92 valence electrons. The van der Waals surface area contributed by atoms with Gasteiger partial charge in [0, 0.05) is 19.1 Å². The molecular formula is C12H14ClFN2O. The van der Waals surface area contributed by atoms with E-state index in [0.29, 0.717) is 18.7 Å². The average molecular weight is 257 g/mol. The van der Waals surface area contributed by atoms with E-state index in [1.165, 1.54) is 12.1 Å². The highest BCUT2D eigenvalue weighted by atomic mass is 35.5. The molecule has 1 heterocycles. The summed E-state index contributed by atoms with van der Waals surface area (Å²) in [5.74, 6) is -0.618. The van der Waals surface area contributed by atoms with Crippen molar-refractivity contribution >= 4 is 17.5 Å². The van der Waals surface area contributed by atoms with Gasteiger partial charge in [-0.2, -0.15) is 0 Å². The van der Waals surface area contributed by atoms with Gasteiger partial charge in [-0.05, 0) is 31.0 Å². The fourth-order valence-electron chi connectivity index (χ4n) is 2.03. The Morgan fingerprint density at radius 1 is 1.53 bits per heavy atom. The van der Waals surface area contributed by atoms with Crippen LogP contribution in [0.25, 0.3) is 0 Å². The lowest BCUT2D eigenvalue weighted by Gasteiger charge is -2.31. The van der Waals surface area contributed by atoms with Gasteiger partial charge in [0.15, 0.2) is 0 Å². The molecule has 1 unspecified atom stereocenters. The maximum absolute atomic E-state index is 12.9. The smallest absolute Gasteiger partial charge is 0.255 e. The molecule has 2 N–H and O–H groups in total. The minimum atomic E-state index is -0.443. The minimum Gasteiger partial charge on any atom is -0.337 e. The fourth-order valence-corrected chi connectivity index (χ4v) is 2.28. The molecule has 1 fully saturated rings. The van der Waals surface area contributed by atoms with Gasteiger partial charge >= 0.3 is 0 Å². The third kappa shape index (κ3) is 2.76. The summed E-state index contributed by atoms with van der Waals surface area (Å²) in [4.78, 5) is 13.8. The Morgan fingerprint density at radius 3 is 2.94 bits per heavy atom.